The first-order chi connectivity index (χ1) is 17.1. The van der Waals surface area contributed by atoms with Crippen molar-refractivity contribution in [2.24, 2.45) is 0 Å². The Morgan fingerprint density at radius 1 is 0.889 bits per heavy atom. The summed E-state index contributed by atoms with van der Waals surface area (Å²) in [5, 5.41) is 29.9. The highest BCUT2D eigenvalue weighted by Gasteiger charge is 2.23. The molecule has 0 spiro atoms. The number of aliphatic carboxylic acids is 2. The molecule has 0 aliphatic carbocycles. The van der Waals surface area contributed by atoms with Crippen LogP contribution in [0.25, 0.3) is 11.0 Å². The van der Waals surface area contributed by atoms with E-state index < -0.39 is 23.3 Å². The molecule has 0 radical (unpaired) electrons. The molecule has 0 fully saturated rings. The number of phenolic OH excluding ortho intramolecular Hbond substituents is 1. The van der Waals surface area contributed by atoms with E-state index in [1.807, 2.05) is 0 Å². The van der Waals surface area contributed by atoms with Crippen LogP contribution in [0.3, 0.4) is 0 Å². The monoisotopic (exact) mass is 496 g/mol. The summed E-state index contributed by atoms with van der Waals surface area (Å²) in [6, 6.07) is 11.2. The lowest BCUT2D eigenvalue weighted by molar-refractivity contribution is -0.139. The fraction of sp³-hybridized carbons (Fsp3) is 0.308. The van der Waals surface area contributed by atoms with Gasteiger partial charge in [-0.15, -0.1) is 0 Å². The maximum atomic E-state index is 13.0. The van der Waals surface area contributed by atoms with Gasteiger partial charge in [-0.1, -0.05) is 44.2 Å². The molecule has 3 aromatic rings. The van der Waals surface area contributed by atoms with Crippen molar-refractivity contribution in [3.63, 3.8) is 0 Å². The van der Waals surface area contributed by atoms with Gasteiger partial charge in [0.2, 0.25) is 0 Å². The first kappa shape index (κ1) is 26.6. The zero-order valence-corrected chi connectivity index (χ0v) is 20.1. The smallest absolute Gasteiger partial charge is 0.347 e. The number of aromatic hydroxyl groups is 1. The van der Waals surface area contributed by atoms with E-state index in [9.17, 15) is 34.5 Å². The van der Waals surface area contributed by atoms with Gasteiger partial charge in [0.25, 0.3) is 0 Å². The molecule has 190 valence electrons. The molecule has 0 bridgehead atoms. The van der Waals surface area contributed by atoms with Crippen molar-refractivity contribution in [3.05, 3.63) is 75.1 Å². The van der Waals surface area contributed by atoms with E-state index in [1.54, 1.807) is 60.0 Å². The molecule has 1 heterocycles. The number of carbonyl (C=O) groups is 3. The summed E-state index contributed by atoms with van der Waals surface area (Å²) >= 11 is 0. The summed E-state index contributed by atoms with van der Waals surface area (Å²) in [5.74, 6) is -2.84. The second-order valence-electron chi connectivity index (χ2n) is 8.32. The van der Waals surface area contributed by atoms with Crippen LogP contribution in [-0.2, 0) is 22.7 Å². The number of hydrogen-bond donors (Lipinski definition) is 3. The average Bonchev–Trinajstić information content (AvgIpc) is 2.85. The Labute approximate surface area is 207 Å². The number of ketones is 1. The van der Waals surface area contributed by atoms with Gasteiger partial charge in [0.05, 0.1) is 18.7 Å². The van der Waals surface area contributed by atoms with Gasteiger partial charge >= 0.3 is 17.6 Å². The molecule has 0 aliphatic heterocycles. The zero-order chi connectivity index (χ0) is 26.4. The van der Waals surface area contributed by atoms with Crippen molar-refractivity contribution in [3.8, 4) is 5.75 Å². The Balaban J connectivity index is 2.19. The molecule has 36 heavy (non-hydrogen) atoms. The van der Waals surface area contributed by atoms with E-state index in [2.05, 4.69) is 0 Å². The Bertz CT molecular complexity index is 1330. The summed E-state index contributed by atoms with van der Waals surface area (Å²) < 4.78 is 5.53. The first-order valence-corrected chi connectivity index (χ1v) is 11.4. The molecule has 1 aromatic heterocycles. The Morgan fingerprint density at radius 3 is 2.03 bits per heavy atom. The van der Waals surface area contributed by atoms with Crippen molar-refractivity contribution < 1.29 is 34.1 Å². The van der Waals surface area contributed by atoms with Gasteiger partial charge in [-0.2, -0.15) is 0 Å². The van der Waals surface area contributed by atoms with E-state index in [1.165, 1.54) is 6.07 Å². The molecule has 0 unspecified atom stereocenters. The number of carbonyl (C=O) groups excluding carboxylic acids is 1. The topological polar surface area (TPSA) is 149 Å². The van der Waals surface area contributed by atoms with Gasteiger partial charge in [0, 0.05) is 29.6 Å². The van der Waals surface area contributed by atoms with Gasteiger partial charge < -0.3 is 19.7 Å². The fourth-order valence-electron chi connectivity index (χ4n) is 3.96. The number of likely N-dealkylation sites (N-methyl/N-ethyl adjacent to an activating group) is 2. The minimum Gasteiger partial charge on any atom is -0.507 e. The van der Waals surface area contributed by atoms with Gasteiger partial charge in [0.15, 0.2) is 5.78 Å². The van der Waals surface area contributed by atoms with E-state index in [-0.39, 0.29) is 48.6 Å². The van der Waals surface area contributed by atoms with Crippen molar-refractivity contribution in [1.82, 2.24) is 9.80 Å². The maximum absolute atomic E-state index is 13.0. The third-order valence-corrected chi connectivity index (χ3v) is 5.84. The average molecular weight is 497 g/mol. The molecule has 0 amide bonds. The molecule has 10 nitrogen and oxygen atoms in total. The number of carboxylic acid groups (broad SMARTS) is 2. The van der Waals surface area contributed by atoms with Crippen molar-refractivity contribution in [2.75, 3.05) is 26.2 Å². The van der Waals surface area contributed by atoms with Crippen LogP contribution in [0.15, 0.2) is 51.7 Å². The van der Waals surface area contributed by atoms with E-state index in [0.717, 1.165) is 0 Å². The normalized spacial score (nSPS) is 11.3. The van der Waals surface area contributed by atoms with E-state index >= 15 is 0 Å². The molecular weight excluding hydrogens is 468 g/mol. The lowest BCUT2D eigenvalue weighted by Gasteiger charge is -2.23. The predicted molar refractivity (Wildman–Crippen MR) is 131 cm³/mol. The quantitative estimate of drug-likeness (QED) is 0.252. The fourth-order valence-corrected chi connectivity index (χ4v) is 3.96. The molecule has 10 heteroatoms. The Hall–Kier alpha value is -4.02. The maximum Gasteiger partial charge on any atom is 0.347 e. The van der Waals surface area contributed by atoms with Crippen molar-refractivity contribution in [1.29, 1.82) is 0 Å². The number of nitrogens with zero attached hydrogens (tertiary/aromatic N) is 2. The van der Waals surface area contributed by atoms with Gasteiger partial charge in [-0.3, -0.25) is 24.2 Å². The molecule has 2 aromatic carbocycles. The molecular formula is C26H28N2O8. The van der Waals surface area contributed by atoms with Gasteiger partial charge in [0.1, 0.15) is 16.9 Å². The Kier molecular flexibility index (Phi) is 8.57. The Morgan fingerprint density at radius 2 is 1.47 bits per heavy atom. The molecule has 3 rings (SSSR count). The minimum atomic E-state index is -1.06. The number of benzene rings is 2. The van der Waals surface area contributed by atoms with E-state index in [0.29, 0.717) is 29.6 Å². The summed E-state index contributed by atoms with van der Waals surface area (Å²) in [4.78, 5) is 51.5. The summed E-state index contributed by atoms with van der Waals surface area (Å²) in [5.41, 5.74) is -0.178. The first-order valence-electron chi connectivity index (χ1n) is 11.4. The lowest BCUT2D eigenvalue weighted by Crippen LogP contribution is -2.30. The van der Waals surface area contributed by atoms with Crippen LogP contribution < -0.4 is 5.63 Å². The molecule has 0 saturated carbocycles. The minimum absolute atomic E-state index is 0.0379. The van der Waals surface area contributed by atoms with Crippen molar-refractivity contribution in [2.45, 2.75) is 26.9 Å². The third-order valence-electron chi connectivity index (χ3n) is 5.84. The largest absolute Gasteiger partial charge is 0.507 e. The number of rotatable bonds is 12. The second-order valence-corrected chi connectivity index (χ2v) is 8.32. The molecule has 0 saturated heterocycles. The zero-order valence-electron chi connectivity index (χ0n) is 20.1. The highest BCUT2D eigenvalue weighted by molar-refractivity contribution is 6.10. The number of hydrogen-bond acceptors (Lipinski definition) is 8. The van der Waals surface area contributed by atoms with Crippen LogP contribution >= 0.6 is 0 Å². The third kappa shape index (κ3) is 6.15. The number of fused-ring (bicyclic) bond motifs is 1. The van der Waals surface area contributed by atoms with Crippen LogP contribution in [0.5, 0.6) is 5.75 Å². The van der Waals surface area contributed by atoms with Crippen molar-refractivity contribution >= 4 is 28.7 Å². The van der Waals surface area contributed by atoms with Crippen LogP contribution in [-0.4, -0.2) is 69.0 Å². The number of carboxylic acids is 2. The van der Waals surface area contributed by atoms with Gasteiger partial charge in [-0.05, 0) is 25.2 Å². The standard InChI is InChI=1S/C26H28N2O8/c1-3-27(14-21(29)30)12-18-10-17-11-19(23(33)16-8-6-5-7-9-16)26(35)36-25(17)20(24(18)34)13-28(4-2)15-22(31)32/h5-11,34H,3-4,12-15H2,1-2H3,(H,29,30)(H,31,32). The van der Waals surface area contributed by atoms with Gasteiger partial charge in [-0.25, -0.2) is 4.79 Å². The molecule has 3 N–H and O–H groups in total. The summed E-state index contributed by atoms with van der Waals surface area (Å²) in [6.07, 6.45) is 0. The molecule has 0 atom stereocenters. The highest BCUT2D eigenvalue weighted by atomic mass is 16.4. The highest BCUT2D eigenvalue weighted by Crippen LogP contribution is 2.33. The lowest BCUT2D eigenvalue weighted by atomic mass is 9.99. The van der Waals surface area contributed by atoms with Crippen LogP contribution in [0.1, 0.15) is 40.9 Å². The van der Waals surface area contributed by atoms with Crippen LogP contribution in [0.4, 0.5) is 0 Å². The van der Waals surface area contributed by atoms with Crippen LogP contribution in [0, 0.1) is 0 Å². The van der Waals surface area contributed by atoms with E-state index in [4.69, 9.17) is 4.42 Å². The predicted octanol–water partition coefficient (Wildman–Crippen LogP) is 2.54. The second kappa shape index (κ2) is 11.6. The number of phenols is 1. The van der Waals surface area contributed by atoms with Crippen LogP contribution in [0.2, 0.25) is 0 Å². The summed E-state index contributed by atoms with van der Waals surface area (Å²) in [6.45, 7) is 3.73. The SMILES string of the molecule is CCN(CC(=O)O)Cc1cc2cc(C(=O)c3ccccc3)c(=O)oc2c(CN(CC)CC(=O)O)c1O. The summed E-state index contributed by atoms with van der Waals surface area (Å²) in [7, 11) is 0. The molecule has 0 aliphatic rings.